The lowest BCUT2D eigenvalue weighted by molar-refractivity contribution is -0.122. The number of carbonyl (C=O) groups excluding carboxylic acids is 1. The summed E-state index contributed by atoms with van der Waals surface area (Å²) in [6.07, 6.45) is 6.51. The zero-order chi connectivity index (χ0) is 15.1. The highest BCUT2D eigenvalue weighted by molar-refractivity contribution is 6.30. The highest BCUT2D eigenvalue weighted by Gasteiger charge is 2.17. The summed E-state index contributed by atoms with van der Waals surface area (Å²) in [6.45, 7) is 3.26. The van der Waals surface area contributed by atoms with Gasteiger partial charge in [-0.1, -0.05) is 24.4 Å². The number of carbonyl (C=O) groups is 1. The molecule has 21 heavy (non-hydrogen) atoms. The van der Waals surface area contributed by atoms with Crippen LogP contribution in [0.2, 0.25) is 5.02 Å². The first-order chi connectivity index (χ1) is 10.1. The van der Waals surface area contributed by atoms with Crippen LogP contribution in [0.15, 0.2) is 18.2 Å². The van der Waals surface area contributed by atoms with Crippen molar-refractivity contribution in [1.82, 2.24) is 5.32 Å². The number of hydrogen-bond donors (Lipinski definition) is 1. The molecule has 1 amide bonds. The molecule has 4 heteroatoms. The van der Waals surface area contributed by atoms with E-state index < -0.39 is 0 Å². The molecular formula is C17H24ClNO2. The van der Waals surface area contributed by atoms with E-state index >= 15 is 0 Å². The molecule has 1 aliphatic carbocycles. The molecule has 1 aromatic rings. The fourth-order valence-corrected chi connectivity index (χ4v) is 3.03. The number of halogens is 1. The maximum atomic E-state index is 11.8. The van der Waals surface area contributed by atoms with Crippen LogP contribution >= 0.6 is 11.6 Å². The Labute approximate surface area is 132 Å². The van der Waals surface area contributed by atoms with Gasteiger partial charge in [-0.3, -0.25) is 4.79 Å². The number of nitrogens with one attached hydrogen (secondary N) is 1. The molecule has 0 unspecified atom stereocenters. The van der Waals surface area contributed by atoms with E-state index in [1.165, 1.54) is 25.7 Å². The normalized spacial score (nSPS) is 15.1. The van der Waals surface area contributed by atoms with Gasteiger partial charge in [0.15, 0.2) is 0 Å². The van der Waals surface area contributed by atoms with E-state index in [9.17, 15) is 4.79 Å². The van der Waals surface area contributed by atoms with Crippen LogP contribution in [-0.4, -0.2) is 19.1 Å². The third kappa shape index (κ3) is 5.58. The number of ether oxygens (including phenoxy) is 1. The van der Waals surface area contributed by atoms with Gasteiger partial charge in [-0.2, -0.15) is 0 Å². The monoisotopic (exact) mass is 309 g/mol. The van der Waals surface area contributed by atoms with Crippen molar-refractivity contribution in [3.63, 3.8) is 0 Å². The highest BCUT2D eigenvalue weighted by atomic mass is 35.5. The van der Waals surface area contributed by atoms with Crippen molar-refractivity contribution in [2.45, 2.75) is 45.4 Å². The van der Waals surface area contributed by atoms with E-state index in [1.807, 2.05) is 25.1 Å². The molecule has 0 heterocycles. The molecule has 0 aliphatic heterocycles. The molecule has 0 atom stereocenters. The molecule has 2 rings (SSSR count). The Kier molecular flexibility index (Phi) is 6.37. The Morgan fingerprint density at radius 2 is 2.14 bits per heavy atom. The molecule has 1 N–H and O–H groups in total. The summed E-state index contributed by atoms with van der Waals surface area (Å²) in [5.74, 6) is 1.65. The third-order valence-electron chi connectivity index (χ3n) is 3.99. The minimum Gasteiger partial charge on any atom is -0.493 e. The molecule has 3 nitrogen and oxygen atoms in total. The van der Waals surface area contributed by atoms with Crippen molar-refractivity contribution in [1.29, 1.82) is 0 Å². The maximum absolute atomic E-state index is 11.8. The first kappa shape index (κ1) is 16.2. The Morgan fingerprint density at radius 3 is 2.86 bits per heavy atom. The van der Waals surface area contributed by atoms with Crippen molar-refractivity contribution in [2.24, 2.45) is 5.92 Å². The lowest BCUT2D eigenvalue weighted by Crippen LogP contribution is -2.27. The minimum atomic E-state index is 0.185. The van der Waals surface area contributed by atoms with Crippen LogP contribution in [0.4, 0.5) is 0 Å². The zero-order valence-electron chi connectivity index (χ0n) is 12.7. The van der Waals surface area contributed by atoms with Crippen molar-refractivity contribution in [2.75, 3.05) is 13.2 Å². The van der Waals surface area contributed by atoms with Crippen LogP contribution in [0, 0.1) is 12.8 Å². The summed E-state index contributed by atoms with van der Waals surface area (Å²) in [7, 11) is 0. The summed E-state index contributed by atoms with van der Waals surface area (Å²) in [5, 5.41) is 3.70. The van der Waals surface area contributed by atoms with E-state index in [0.717, 1.165) is 22.8 Å². The Balaban J connectivity index is 1.58. The van der Waals surface area contributed by atoms with Gasteiger partial charge in [0.25, 0.3) is 0 Å². The Morgan fingerprint density at radius 1 is 1.38 bits per heavy atom. The van der Waals surface area contributed by atoms with Crippen LogP contribution in [-0.2, 0) is 4.79 Å². The molecule has 1 saturated carbocycles. The summed E-state index contributed by atoms with van der Waals surface area (Å²) >= 11 is 5.90. The zero-order valence-corrected chi connectivity index (χ0v) is 13.4. The first-order valence-corrected chi connectivity index (χ1v) is 8.18. The van der Waals surface area contributed by atoms with Crippen LogP contribution < -0.4 is 10.1 Å². The molecule has 116 valence electrons. The Hall–Kier alpha value is -1.22. The van der Waals surface area contributed by atoms with E-state index in [-0.39, 0.29) is 5.91 Å². The standard InChI is InChI=1S/C17H24ClNO2/c1-13-11-15(18)7-8-16(13)21-10-4-9-19-17(20)12-14-5-2-3-6-14/h7-8,11,14H,2-6,9-10,12H2,1H3,(H,19,20). The van der Waals surface area contributed by atoms with Crippen molar-refractivity contribution < 1.29 is 9.53 Å². The number of amides is 1. The smallest absolute Gasteiger partial charge is 0.220 e. The molecule has 0 radical (unpaired) electrons. The quantitative estimate of drug-likeness (QED) is 0.770. The van der Waals surface area contributed by atoms with Gasteiger partial charge in [0.2, 0.25) is 5.91 Å². The predicted octanol–water partition coefficient (Wildman–Crippen LogP) is 4.11. The molecule has 1 aromatic carbocycles. The van der Waals surface area contributed by atoms with Gasteiger partial charge in [0, 0.05) is 18.0 Å². The van der Waals surface area contributed by atoms with E-state index in [4.69, 9.17) is 16.3 Å². The highest BCUT2D eigenvalue weighted by Crippen LogP contribution is 2.27. The molecular weight excluding hydrogens is 286 g/mol. The third-order valence-corrected chi connectivity index (χ3v) is 4.22. The van der Waals surface area contributed by atoms with Crippen LogP contribution in [0.25, 0.3) is 0 Å². The Bertz CT molecular complexity index is 470. The van der Waals surface area contributed by atoms with E-state index in [2.05, 4.69) is 5.32 Å². The van der Waals surface area contributed by atoms with Crippen molar-refractivity contribution in [3.05, 3.63) is 28.8 Å². The molecule has 0 bridgehead atoms. The van der Waals surface area contributed by atoms with Gasteiger partial charge in [-0.05, 0) is 55.9 Å². The number of aryl methyl sites for hydroxylation is 1. The lowest BCUT2D eigenvalue weighted by Gasteiger charge is -2.11. The van der Waals surface area contributed by atoms with Gasteiger partial charge >= 0.3 is 0 Å². The van der Waals surface area contributed by atoms with Gasteiger partial charge < -0.3 is 10.1 Å². The summed E-state index contributed by atoms with van der Waals surface area (Å²) in [6, 6.07) is 5.60. The van der Waals surface area contributed by atoms with Crippen molar-refractivity contribution >= 4 is 17.5 Å². The fourth-order valence-electron chi connectivity index (χ4n) is 2.81. The molecule has 1 fully saturated rings. The molecule has 0 saturated heterocycles. The summed E-state index contributed by atoms with van der Waals surface area (Å²) < 4.78 is 5.70. The van der Waals surface area contributed by atoms with Gasteiger partial charge in [-0.15, -0.1) is 0 Å². The van der Waals surface area contributed by atoms with Crippen LogP contribution in [0.3, 0.4) is 0 Å². The topological polar surface area (TPSA) is 38.3 Å². The van der Waals surface area contributed by atoms with Crippen LogP contribution in [0.5, 0.6) is 5.75 Å². The number of benzene rings is 1. The minimum absolute atomic E-state index is 0.185. The second kappa shape index (κ2) is 8.28. The average Bonchev–Trinajstić information content (AvgIpc) is 2.93. The number of hydrogen-bond acceptors (Lipinski definition) is 2. The SMILES string of the molecule is Cc1cc(Cl)ccc1OCCCNC(=O)CC1CCCC1. The van der Waals surface area contributed by atoms with Crippen molar-refractivity contribution in [3.8, 4) is 5.75 Å². The van der Waals surface area contributed by atoms with Gasteiger partial charge in [0.05, 0.1) is 6.61 Å². The largest absolute Gasteiger partial charge is 0.493 e. The van der Waals surface area contributed by atoms with E-state index in [0.29, 0.717) is 25.5 Å². The fraction of sp³-hybridized carbons (Fsp3) is 0.588. The lowest BCUT2D eigenvalue weighted by atomic mass is 10.0. The summed E-state index contributed by atoms with van der Waals surface area (Å²) in [4.78, 5) is 11.8. The van der Waals surface area contributed by atoms with E-state index in [1.54, 1.807) is 0 Å². The molecule has 1 aliphatic rings. The maximum Gasteiger partial charge on any atom is 0.220 e. The number of rotatable bonds is 7. The second-order valence-electron chi connectivity index (χ2n) is 5.82. The van der Waals surface area contributed by atoms with Gasteiger partial charge in [0.1, 0.15) is 5.75 Å². The van der Waals surface area contributed by atoms with Gasteiger partial charge in [-0.25, -0.2) is 0 Å². The second-order valence-corrected chi connectivity index (χ2v) is 6.25. The molecule has 0 spiro atoms. The molecule has 0 aromatic heterocycles. The van der Waals surface area contributed by atoms with Crippen LogP contribution in [0.1, 0.15) is 44.1 Å². The summed E-state index contributed by atoms with van der Waals surface area (Å²) in [5.41, 5.74) is 1.03. The predicted molar refractivity (Wildman–Crippen MR) is 85.9 cm³/mol. The first-order valence-electron chi connectivity index (χ1n) is 7.81. The average molecular weight is 310 g/mol.